The van der Waals surface area contributed by atoms with Crippen LogP contribution in [0.3, 0.4) is 0 Å². The van der Waals surface area contributed by atoms with E-state index in [0.717, 1.165) is 0 Å². The Bertz CT molecular complexity index is 126. The van der Waals surface area contributed by atoms with Gasteiger partial charge >= 0.3 is 5.97 Å². The summed E-state index contributed by atoms with van der Waals surface area (Å²) in [7, 11) is 0. The van der Waals surface area contributed by atoms with Crippen molar-refractivity contribution in [2.75, 3.05) is 6.61 Å². The molecule has 0 aromatic heterocycles. The van der Waals surface area contributed by atoms with Gasteiger partial charge < -0.3 is 9.84 Å². The monoisotopic (exact) mass is 147 g/mol. The summed E-state index contributed by atoms with van der Waals surface area (Å²) in [5.41, 5.74) is 3.84. The molecule has 0 aromatic carbocycles. The maximum atomic E-state index is 10.4. The van der Waals surface area contributed by atoms with Crippen LogP contribution in [-0.2, 0) is 9.53 Å². The Morgan fingerprint density at radius 3 is 2.30 bits per heavy atom. The van der Waals surface area contributed by atoms with E-state index >= 15 is 0 Å². The van der Waals surface area contributed by atoms with Gasteiger partial charge in [0.15, 0.2) is 0 Å². The van der Waals surface area contributed by atoms with Gasteiger partial charge in [-0.3, -0.25) is 5.73 Å². The van der Waals surface area contributed by atoms with Gasteiger partial charge in [0, 0.05) is 6.61 Å². The first-order valence-electron chi connectivity index (χ1n) is 3.23. The molecule has 0 bridgehead atoms. The van der Waals surface area contributed by atoms with Crippen molar-refractivity contribution >= 4 is 5.97 Å². The van der Waals surface area contributed by atoms with E-state index in [4.69, 9.17) is 15.6 Å². The molecule has 0 rings (SSSR count). The lowest BCUT2D eigenvalue weighted by Crippen LogP contribution is -2.49. The second kappa shape index (κ2) is 3.53. The summed E-state index contributed by atoms with van der Waals surface area (Å²) in [5, 5.41) is 8.51. The molecular formula is C6H13NO3. The molecule has 0 radical (unpaired) electrons. The highest BCUT2D eigenvalue weighted by atomic mass is 16.5. The van der Waals surface area contributed by atoms with Gasteiger partial charge in [-0.15, -0.1) is 0 Å². The van der Waals surface area contributed by atoms with Gasteiger partial charge in [-0.2, -0.15) is 0 Å². The fourth-order valence-corrected chi connectivity index (χ4v) is 0.573. The molecule has 0 saturated heterocycles. The van der Waals surface area contributed by atoms with Gasteiger partial charge in [0.05, 0.1) is 0 Å². The van der Waals surface area contributed by atoms with Crippen molar-refractivity contribution in [3.05, 3.63) is 0 Å². The fraction of sp³-hybridized carbons (Fsp3) is 0.833. The summed E-state index contributed by atoms with van der Waals surface area (Å²) < 4.78 is 4.82. The highest BCUT2D eigenvalue weighted by Gasteiger charge is 2.31. The molecule has 0 saturated carbocycles. The van der Waals surface area contributed by atoms with Gasteiger partial charge in [0.25, 0.3) is 0 Å². The quantitative estimate of drug-likeness (QED) is 0.556. The Morgan fingerprint density at radius 1 is 1.70 bits per heavy atom. The number of hydrogen-bond acceptors (Lipinski definition) is 3. The summed E-state index contributed by atoms with van der Waals surface area (Å²) in [6, 6.07) is 0. The number of nitrogens with two attached hydrogens (primary N) is 1. The fourth-order valence-electron chi connectivity index (χ4n) is 0.573. The van der Waals surface area contributed by atoms with Crippen LogP contribution in [0.1, 0.15) is 20.3 Å². The third kappa shape index (κ3) is 1.97. The average molecular weight is 147 g/mol. The van der Waals surface area contributed by atoms with E-state index in [1.54, 1.807) is 13.8 Å². The molecule has 4 heteroatoms. The van der Waals surface area contributed by atoms with Crippen LogP contribution in [0.2, 0.25) is 0 Å². The number of carboxylic acid groups (broad SMARTS) is 1. The van der Waals surface area contributed by atoms with E-state index in [1.165, 1.54) is 0 Å². The highest BCUT2D eigenvalue weighted by Crippen LogP contribution is 2.07. The molecule has 4 nitrogen and oxygen atoms in total. The predicted molar refractivity (Wildman–Crippen MR) is 36.5 cm³/mol. The first-order valence-corrected chi connectivity index (χ1v) is 3.23. The number of aliphatic carboxylic acids is 1. The van der Waals surface area contributed by atoms with Gasteiger partial charge in [0.2, 0.25) is 5.72 Å². The van der Waals surface area contributed by atoms with Crippen LogP contribution in [0.5, 0.6) is 0 Å². The van der Waals surface area contributed by atoms with E-state index in [-0.39, 0.29) is 6.42 Å². The summed E-state index contributed by atoms with van der Waals surface area (Å²) >= 11 is 0. The van der Waals surface area contributed by atoms with E-state index in [1.807, 2.05) is 0 Å². The standard InChI is InChI=1S/C6H13NO3/c1-3-6(7,5(8)9)10-4-2/h3-4,7H2,1-2H3,(H,8,9). The Labute approximate surface area is 60.0 Å². The molecule has 0 spiro atoms. The zero-order valence-corrected chi connectivity index (χ0v) is 6.26. The molecule has 0 aliphatic heterocycles. The SMILES string of the molecule is CCOC(N)(CC)C(=O)O. The Morgan fingerprint density at radius 2 is 2.20 bits per heavy atom. The maximum Gasteiger partial charge on any atom is 0.351 e. The van der Waals surface area contributed by atoms with Crippen molar-refractivity contribution in [1.29, 1.82) is 0 Å². The van der Waals surface area contributed by atoms with Crippen molar-refractivity contribution in [3.63, 3.8) is 0 Å². The van der Waals surface area contributed by atoms with Crippen LogP contribution < -0.4 is 5.73 Å². The summed E-state index contributed by atoms with van der Waals surface area (Å²) in [5.74, 6) is -1.11. The smallest absolute Gasteiger partial charge is 0.351 e. The summed E-state index contributed by atoms with van der Waals surface area (Å²) in [6.45, 7) is 3.70. The molecular weight excluding hydrogens is 134 g/mol. The Kier molecular flexibility index (Phi) is 3.32. The van der Waals surface area contributed by atoms with E-state index in [9.17, 15) is 4.79 Å². The molecule has 0 fully saturated rings. The van der Waals surface area contributed by atoms with Crippen LogP contribution in [0.15, 0.2) is 0 Å². The van der Waals surface area contributed by atoms with Crippen LogP contribution in [-0.4, -0.2) is 23.4 Å². The van der Waals surface area contributed by atoms with Gasteiger partial charge in [-0.05, 0) is 13.3 Å². The van der Waals surface area contributed by atoms with Crippen LogP contribution >= 0.6 is 0 Å². The summed E-state index contributed by atoms with van der Waals surface area (Å²) in [6.07, 6.45) is 0.274. The zero-order valence-electron chi connectivity index (χ0n) is 6.26. The molecule has 10 heavy (non-hydrogen) atoms. The van der Waals surface area contributed by atoms with Crippen molar-refractivity contribution in [2.24, 2.45) is 5.73 Å². The molecule has 1 atom stereocenters. The lowest BCUT2D eigenvalue weighted by Gasteiger charge is -2.21. The lowest BCUT2D eigenvalue weighted by molar-refractivity contribution is -0.165. The third-order valence-corrected chi connectivity index (χ3v) is 1.29. The van der Waals surface area contributed by atoms with Crippen LogP contribution in [0.25, 0.3) is 0 Å². The first kappa shape index (κ1) is 9.39. The van der Waals surface area contributed by atoms with Crippen molar-refractivity contribution in [1.82, 2.24) is 0 Å². The molecule has 0 heterocycles. The Hall–Kier alpha value is -0.610. The normalized spacial score (nSPS) is 16.3. The van der Waals surface area contributed by atoms with Crippen LogP contribution in [0, 0.1) is 0 Å². The summed E-state index contributed by atoms with van der Waals surface area (Å²) in [4.78, 5) is 10.4. The lowest BCUT2D eigenvalue weighted by atomic mass is 10.2. The maximum absolute atomic E-state index is 10.4. The zero-order chi connectivity index (χ0) is 8.20. The molecule has 3 N–H and O–H groups in total. The minimum Gasteiger partial charge on any atom is -0.478 e. The molecule has 1 unspecified atom stereocenters. The van der Waals surface area contributed by atoms with E-state index in [0.29, 0.717) is 6.61 Å². The van der Waals surface area contributed by atoms with Crippen molar-refractivity contribution in [3.8, 4) is 0 Å². The first-order chi connectivity index (χ1) is 4.56. The minimum atomic E-state index is -1.49. The van der Waals surface area contributed by atoms with Gasteiger partial charge in [-0.25, -0.2) is 4.79 Å². The molecule has 0 aliphatic carbocycles. The molecule has 0 aliphatic rings. The second-order valence-corrected chi connectivity index (χ2v) is 1.98. The van der Waals surface area contributed by atoms with Crippen molar-refractivity contribution < 1.29 is 14.6 Å². The Balaban J connectivity index is 4.08. The minimum absolute atomic E-state index is 0.274. The average Bonchev–Trinajstić information content (AvgIpc) is 1.88. The molecule has 60 valence electrons. The van der Waals surface area contributed by atoms with E-state index < -0.39 is 11.7 Å². The topological polar surface area (TPSA) is 72.5 Å². The highest BCUT2D eigenvalue weighted by molar-refractivity contribution is 5.76. The number of carbonyl (C=O) groups is 1. The largest absolute Gasteiger partial charge is 0.478 e. The number of hydrogen-bond donors (Lipinski definition) is 2. The molecule has 0 aromatic rings. The molecule has 0 amide bonds. The number of ether oxygens (including phenoxy) is 1. The van der Waals surface area contributed by atoms with E-state index in [2.05, 4.69) is 0 Å². The van der Waals surface area contributed by atoms with Crippen molar-refractivity contribution in [2.45, 2.75) is 26.0 Å². The predicted octanol–water partition coefficient (Wildman–Crippen LogP) is 0.172. The van der Waals surface area contributed by atoms with Crippen LogP contribution in [0.4, 0.5) is 0 Å². The number of rotatable bonds is 4. The number of carboxylic acids is 1. The second-order valence-electron chi connectivity index (χ2n) is 1.98. The van der Waals surface area contributed by atoms with Gasteiger partial charge in [-0.1, -0.05) is 6.92 Å². The van der Waals surface area contributed by atoms with Gasteiger partial charge in [0.1, 0.15) is 0 Å². The third-order valence-electron chi connectivity index (χ3n) is 1.29.